The first kappa shape index (κ1) is 16.5. The van der Waals surface area contributed by atoms with Crippen LogP contribution in [-0.2, 0) is 10.0 Å². The van der Waals surface area contributed by atoms with Gasteiger partial charge in [-0.05, 0) is 12.5 Å². The summed E-state index contributed by atoms with van der Waals surface area (Å²) in [5, 5.41) is 0. The Bertz CT molecular complexity index is 839. The second-order valence-electron chi connectivity index (χ2n) is 5.76. The van der Waals surface area contributed by atoms with Gasteiger partial charge < -0.3 is 4.90 Å². The maximum absolute atomic E-state index is 12.6. The lowest BCUT2D eigenvalue weighted by Crippen LogP contribution is -2.38. The summed E-state index contributed by atoms with van der Waals surface area (Å²) in [5.41, 5.74) is 1.15. The largest absolute Gasteiger partial charge is 0.336 e. The highest BCUT2D eigenvalue weighted by molar-refractivity contribution is 7.88. The Morgan fingerprint density at radius 3 is 2.71 bits per heavy atom. The van der Waals surface area contributed by atoms with Crippen LogP contribution < -0.4 is 4.72 Å². The maximum atomic E-state index is 12.6. The number of carbonyl (C=O) groups is 1. The lowest BCUT2D eigenvalue weighted by Gasteiger charge is -2.16. The maximum Gasteiger partial charge on any atom is 0.272 e. The van der Waals surface area contributed by atoms with E-state index >= 15 is 0 Å². The molecule has 2 aromatic rings. The van der Waals surface area contributed by atoms with Gasteiger partial charge in [-0.15, -0.1) is 0 Å². The highest BCUT2D eigenvalue weighted by atomic mass is 32.2. The molecule has 0 bridgehead atoms. The van der Waals surface area contributed by atoms with Crippen LogP contribution in [0.3, 0.4) is 0 Å². The number of hydrogen-bond donors (Lipinski definition) is 1. The highest BCUT2D eigenvalue weighted by Crippen LogP contribution is 2.17. The molecule has 8 heteroatoms. The number of sulfonamides is 1. The minimum atomic E-state index is -3.28. The lowest BCUT2D eigenvalue weighted by atomic mass is 10.2. The Morgan fingerprint density at radius 2 is 2.00 bits per heavy atom. The summed E-state index contributed by atoms with van der Waals surface area (Å²) in [6.45, 7) is 0.841. The van der Waals surface area contributed by atoms with Gasteiger partial charge in [0.2, 0.25) is 10.0 Å². The van der Waals surface area contributed by atoms with Crippen LogP contribution in [0.15, 0.2) is 42.6 Å². The molecule has 0 spiro atoms. The molecule has 1 saturated heterocycles. The molecule has 1 N–H and O–H groups in total. The summed E-state index contributed by atoms with van der Waals surface area (Å²) in [5.74, 6) is 0.277. The zero-order valence-electron chi connectivity index (χ0n) is 13.2. The van der Waals surface area contributed by atoms with E-state index in [0.717, 1.165) is 11.8 Å². The average Bonchev–Trinajstić information content (AvgIpc) is 3.01. The van der Waals surface area contributed by atoms with Crippen molar-refractivity contribution in [2.24, 2.45) is 0 Å². The first-order chi connectivity index (χ1) is 11.4. The molecular weight excluding hydrogens is 328 g/mol. The topological polar surface area (TPSA) is 92.3 Å². The van der Waals surface area contributed by atoms with E-state index in [-0.39, 0.29) is 11.9 Å². The quantitative estimate of drug-likeness (QED) is 0.888. The molecule has 1 aliphatic rings. The van der Waals surface area contributed by atoms with E-state index in [1.807, 2.05) is 30.3 Å². The van der Waals surface area contributed by atoms with Gasteiger partial charge in [-0.3, -0.25) is 4.79 Å². The van der Waals surface area contributed by atoms with Crippen LogP contribution in [0.25, 0.3) is 11.4 Å². The molecule has 1 aromatic carbocycles. The van der Waals surface area contributed by atoms with Crippen LogP contribution in [0.5, 0.6) is 0 Å². The molecule has 1 fully saturated rings. The van der Waals surface area contributed by atoms with Crippen LogP contribution in [-0.4, -0.2) is 54.6 Å². The molecule has 1 amide bonds. The Kier molecular flexibility index (Phi) is 4.59. The smallest absolute Gasteiger partial charge is 0.272 e. The number of rotatable bonds is 4. The van der Waals surface area contributed by atoms with Crippen LogP contribution >= 0.6 is 0 Å². The lowest BCUT2D eigenvalue weighted by molar-refractivity contribution is 0.0784. The summed E-state index contributed by atoms with van der Waals surface area (Å²) in [6.07, 6.45) is 3.27. The number of carbonyl (C=O) groups excluding carboxylic acids is 1. The molecule has 1 atom stereocenters. The van der Waals surface area contributed by atoms with E-state index < -0.39 is 10.0 Å². The fourth-order valence-corrected chi connectivity index (χ4v) is 3.51. The van der Waals surface area contributed by atoms with Gasteiger partial charge in [0.1, 0.15) is 5.69 Å². The fourth-order valence-electron chi connectivity index (χ4n) is 2.71. The van der Waals surface area contributed by atoms with Gasteiger partial charge in [0.05, 0.1) is 6.26 Å². The summed E-state index contributed by atoms with van der Waals surface area (Å²) < 4.78 is 25.1. The average molecular weight is 346 g/mol. The second-order valence-corrected chi connectivity index (χ2v) is 7.54. The predicted octanol–water partition coefficient (Wildman–Crippen LogP) is 0.907. The third-order valence-corrected chi connectivity index (χ3v) is 4.52. The number of benzene rings is 1. The molecule has 0 radical (unpaired) electrons. The highest BCUT2D eigenvalue weighted by Gasteiger charge is 2.29. The minimum Gasteiger partial charge on any atom is -0.336 e. The summed E-state index contributed by atoms with van der Waals surface area (Å²) in [7, 11) is -3.28. The van der Waals surface area contributed by atoms with Crippen LogP contribution in [0, 0.1) is 0 Å². The number of nitrogens with zero attached hydrogens (tertiary/aromatic N) is 3. The molecule has 0 saturated carbocycles. The van der Waals surface area contributed by atoms with Crippen molar-refractivity contribution >= 4 is 15.9 Å². The SMILES string of the molecule is CS(=O)(=O)NC1CCN(C(=O)c2ccnc(-c3ccccc3)n2)C1. The molecule has 1 aromatic heterocycles. The first-order valence-electron chi connectivity index (χ1n) is 7.57. The number of nitrogens with one attached hydrogen (secondary N) is 1. The van der Waals surface area contributed by atoms with Gasteiger partial charge in [0.25, 0.3) is 5.91 Å². The molecule has 7 nitrogen and oxygen atoms in total. The van der Waals surface area contributed by atoms with E-state index in [4.69, 9.17) is 0 Å². The third kappa shape index (κ3) is 3.95. The van der Waals surface area contributed by atoms with Crippen molar-refractivity contribution in [1.82, 2.24) is 19.6 Å². The Hall–Kier alpha value is -2.32. The van der Waals surface area contributed by atoms with Gasteiger partial charge in [-0.25, -0.2) is 23.1 Å². The summed E-state index contributed by atoms with van der Waals surface area (Å²) >= 11 is 0. The summed E-state index contributed by atoms with van der Waals surface area (Å²) in [6, 6.07) is 10.8. The Morgan fingerprint density at radius 1 is 1.25 bits per heavy atom. The van der Waals surface area contributed by atoms with Crippen molar-refractivity contribution in [2.45, 2.75) is 12.5 Å². The van der Waals surface area contributed by atoms with Gasteiger partial charge in [0, 0.05) is 30.9 Å². The molecular formula is C16H18N4O3S. The summed E-state index contributed by atoms with van der Waals surface area (Å²) in [4.78, 5) is 22.8. The van der Waals surface area contributed by atoms with Crippen LogP contribution in [0.2, 0.25) is 0 Å². The zero-order valence-corrected chi connectivity index (χ0v) is 14.0. The number of aromatic nitrogens is 2. The molecule has 1 unspecified atom stereocenters. The Balaban J connectivity index is 1.74. The molecule has 2 heterocycles. The van der Waals surface area contributed by atoms with E-state index in [2.05, 4.69) is 14.7 Å². The second kappa shape index (κ2) is 6.66. The number of amides is 1. The normalized spacial score (nSPS) is 17.9. The van der Waals surface area contributed by atoms with E-state index in [1.54, 1.807) is 17.2 Å². The van der Waals surface area contributed by atoms with E-state index in [0.29, 0.717) is 31.0 Å². The third-order valence-electron chi connectivity index (χ3n) is 3.76. The molecule has 1 aliphatic heterocycles. The van der Waals surface area contributed by atoms with Gasteiger partial charge >= 0.3 is 0 Å². The standard InChI is InChI=1S/C16H18N4O3S/c1-24(22,23)19-13-8-10-20(11-13)16(21)14-7-9-17-15(18-14)12-5-3-2-4-6-12/h2-7,9,13,19H,8,10-11H2,1H3. The van der Waals surface area contributed by atoms with Crippen molar-refractivity contribution in [1.29, 1.82) is 0 Å². The van der Waals surface area contributed by atoms with Crippen LogP contribution in [0.1, 0.15) is 16.9 Å². The van der Waals surface area contributed by atoms with Crippen molar-refractivity contribution in [3.63, 3.8) is 0 Å². The van der Waals surface area contributed by atoms with Crippen molar-refractivity contribution in [3.05, 3.63) is 48.3 Å². The minimum absolute atomic E-state index is 0.215. The zero-order chi connectivity index (χ0) is 17.2. The van der Waals surface area contributed by atoms with Crippen molar-refractivity contribution < 1.29 is 13.2 Å². The predicted molar refractivity (Wildman–Crippen MR) is 89.8 cm³/mol. The fraction of sp³-hybridized carbons (Fsp3) is 0.312. The first-order valence-corrected chi connectivity index (χ1v) is 9.46. The van der Waals surface area contributed by atoms with E-state index in [1.165, 1.54) is 0 Å². The van der Waals surface area contributed by atoms with Gasteiger partial charge in [-0.2, -0.15) is 0 Å². The molecule has 0 aliphatic carbocycles. The van der Waals surface area contributed by atoms with Crippen LogP contribution in [0.4, 0.5) is 0 Å². The number of hydrogen-bond acceptors (Lipinski definition) is 5. The van der Waals surface area contributed by atoms with Gasteiger partial charge in [-0.1, -0.05) is 30.3 Å². The van der Waals surface area contributed by atoms with Crippen molar-refractivity contribution in [3.8, 4) is 11.4 Å². The molecule has 3 rings (SSSR count). The Labute approximate surface area is 140 Å². The molecule has 126 valence electrons. The monoisotopic (exact) mass is 346 g/mol. The number of likely N-dealkylation sites (tertiary alicyclic amines) is 1. The molecule has 24 heavy (non-hydrogen) atoms. The van der Waals surface area contributed by atoms with Gasteiger partial charge in [0.15, 0.2) is 5.82 Å². The van der Waals surface area contributed by atoms with E-state index in [9.17, 15) is 13.2 Å². The van der Waals surface area contributed by atoms with Crippen molar-refractivity contribution in [2.75, 3.05) is 19.3 Å².